The summed E-state index contributed by atoms with van der Waals surface area (Å²) in [4.78, 5) is 38.5. The van der Waals surface area contributed by atoms with Gasteiger partial charge in [-0.2, -0.15) is 5.06 Å². The van der Waals surface area contributed by atoms with Gasteiger partial charge in [-0.3, -0.25) is 14.4 Å². The average molecular weight is 199 g/mol. The standard InChI is InChI=1S/C9H13NO4/c1-6(11)9(2,3)14-10-7(12)4-5-8(10)13/h4-5H2,1-3H3. The molecule has 0 saturated carbocycles. The van der Waals surface area contributed by atoms with Crippen LogP contribution in [0, 0.1) is 0 Å². The number of Topliss-reactive ketones (excluding diaryl/α,β-unsaturated/α-hetero) is 1. The third-order valence-corrected chi connectivity index (χ3v) is 2.17. The molecule has 0 bridgehead atoms. The highest BCUT2D eigenvalue weighted by molar-refractivity contribution is 6.01. The molecule has 0 spiro atoms. The molecule has 0 aromatic heterocycles. The van der Waals surface area contributed by atoms with Gasteiger partial charge in [-0.25, -0.2) is 4.84 Å². The molecular weight excluding hydrogens is 186 g/mol. The fourth-order valence-corrected chi connectivity index (χ4v) is 0.950. The van der Waals surface area contributed by atoms with E-state index in [2.05, 4.69) is 0 Å². The van der Waals surface area contributed by atoms with Crippen molar-refractivity contribution in [3.05, 3.63) is 0 Å². The lowest BCUT2D eigenvalue weighted by Crippen LogP contribution is -2.43. The number of rotatable bonds is 3. The smallest absolute Gasteiger partial charge is 0.254 e. The molecule has 1 aliphatic heterocycles. The summed E-state index contributed by atoms with van der Waals surface area (Å²) in [6.07, 6.45) is 0.319. The molecule has 0 radical (unpaired) electrons. The lowest BCUT2D eigenvalue weighted by Gasteiger charge is -2.25. The summed E-state index contributed by atoms with van der Waals surface area (Å²) in [5.41, 5.74) is -1.13. The quantitative estimate of drug-likeness (QED) is 0.618. The Morgan fingerprint density at radius 3 is 2.07 bits per heavy atom. The van der Waals surface area contributed by atoms with Gasteiger partial charge in [0.15, 0.2) is 5.78 Å². The van der Waals surface area contributed by atoms with E-state index in [1.54, 1.807) is 0 Å². The van der Waals surface area contributed by atoms with E-state index in [9.17, 15) is 14.4 Å². The third kappa shape index (κ3) is 1.98. The molecule has 0 aromatic rings. The first kappa shape index (κ1) is 10.8. The van der Waals surface area contributed by atoms with E-state index in [4.69, 9.17) is 4.84 Å². The second kappa shape index (κ2) is 3.49. The molecule has 2 amide bonds. The first-order valence-electron chi connectivity index (χ1n) is 4.40. The normalized spacial score (nSPS) is 17.8. The highest BCUT2D eigenvalue weighted by atomic mass is 16.7. The summed E-state index contributed by atoms with van der Waals surface area (Å²) in [7, 11) is 0. The zero-order chi connectivity index (χ0) is 10.9. The van der Waals surface area contributed by atoms with E-state index in [-0.39, 0.29) is 30.4 Å². The number of hydroxylamine groups is 2. The Morgan fingerprint density at radius 2 is 1.71 bits per heavy atom. The van der Waals surface area contributed by atoms with E-state index < -0.39 is 5.60 Å². The van der Waals surface area contributed by atoms with Gasteiger partial charge in [-0.1, -0.05) is 0 Å². The third-order valence-electron chi connectivity index (χ3n) is 2.17. The summed E-state index contributed by atoms with van der Waals surface area (Å²) in [5, 5.41) is 0.696. The molecule has 1 fully saturated rings. The van der Waals surface area contributed by atoms with Crippen molar-refractivity contribution in [1.29, 1.82) is 0 Å². The van der Waals surface area contributed by atoms with Crippen molar-refractivity contribution in [2.75, 3.05) is 0 Å². The van der Waals surface area contributed by atoms with Crippen LogP contribution in [0.5, 0.6) is 0 Å². The van der Waals surface area contributed by atoms with E-state index >= 15 is 0 Å². The summed E-state index contributed by atoms with van der Waals surface area (Å²) in [6, 6.07) is 0. The molecule has 1 aliphatic rings. The van der Waals surface area contributed by atoms with Crippen LogP contribution in [0.1, 0.15) is 33.6 Å². The van der Waals surface area contributed by atoms with Crippen molar-refractivity contribution in [2.45, 2.75) is 39.2 Å². The van der Waals surface area contributed by atoms with Crippen molar-refractivity contribution in [3.8, 4) is 0 Å². The van der Waals surface area contributed by atoms with Crippen molar-refractivity contribution in [3.63, 3.8) is 0 Å². The minimum atomic E-state index is -1.13. The van der Waals surface area contributed by atoms with Gasteiger partial charge < -0.3 is 0 Å². The van der Waals surface area contributed by atoms with Crippen LogP contribution in [0.15, 0.2) is 0 Å². The van der Waals surface area contributed by atoms with Crippen LogP contribution in [0.2, 0.25) is 0 Å². The van der Waals surface area contributed by atoms with E-state index in [1.807, 2.05) is 0 Å². The van der Waals surface area contributed by atoms with Gasteiger partial charge in [0.05, 0.1) is 0 Å². The summed E-state index contributed by atoms with van der Waals surface area (Å²) in [6.45, 7) is 4.40. The minimum absolute atomic E-state index is 0.160. The van der Waals surface area contributed by atoms with E-state index in [1.165, 1.54) is 20.8 Å². The van der Waals surface area contributed by atoms with Gasteiger partial charge in [0, 0.05) is 12.8 Å². The molecule has 1 rings (SSSR count). The molecule has 5 heteroatoms. The second-order valence-electron chi connectivity index (χ2n) is 3.74. The van der Waals surface area contributed by atoms with Gasteiger partial charge in [-0.05, 0) is 20.8 Å². The van der Waals surface area contributed by atoms with Crippen molar-refractivity contribution < 1.29 is 19.2 Å². The molecule has 1 heterocycles. The van der Waals surface area contributed by atoms with Crippen molar-refractivity contribution in [1.82, 2.24) is 5.06 Å². The Morgan fingerprint density at radius 1 is 1.29 bits per heavy atom. The highest BCUT2D eigenvalue weighted by Gasteiger charge is 2.37. The second-order valence-corrected chi connectivity index (χ2v) is 3.74. The molecule has 0 aliphatic carbocycles. The topological polar surface area (TPSA) is 63.7 Å². The molecule has 0 unspecified atom stereocenters. The van der Waals surface area contributed by atoms with Crippen LogP contribution >= 0.6 is 0 Å². The lowest BCUT2D eigenvalue weighted by atomic mass is 10.1. The Bertz CT molecular complexity index is 279. The maximum atomic E-state index is 11.2. The Hall–Kier alpha value is -1.23. The number of nitrogens with zero attached hydrogens (tertiary/aromatic N) is 1. The monoisotopic (exact) mass is 199 g/mol. The first-order valence-corrected chi connectivity index (χ1v) is 4.40. The number of ketones is 1. The maximum absolute atomic E-state index is 11.2. The van der Waals surface area contributed by atoms with Gasteiger partial charge in [0.2, 0.25) is 0 Å². The maximum Gasteiger partial charge on any atom is 0.254 e. The Labute approximate surface area is 82.0 Å². The first-order chi connectivity index (χ1) is 6.34. The number of carbonyl (C=O) groups excluding carboxylic acids is 3. The van der Waals surface area contributed by atoms with E-state index in [0.717, 1.165) is 0 Å². The SMILES string of the molecule is CC(=O)C(C)(C)ON1C(=O)CCC1=O. The Balaban J connectivity index is 2.73. The molecule has 78 valence electrons. The van der Waals surface area contributed by atoms with Gasteiger partial charge in [0.25, 0.3) is 11.8 Å². The van der Waals surface area contributed by atoms with Crippen molar-refractivity contribution in [2.24, 2.45) is 0 Å². The van der Waals surface area contributed by atoms with Crippen LogP contribution in [0.25, 0.3) is 0 Å². The summed E-state index contributed by atoms with van der Waals surface area (Å²) < 4.78 is 0. The molecule has 5 nitrogen and oxygen atoms in total. The van der Waals surface area contributed by atoms with Crippen LogP contribution in [0.4, 0.5) is 0 Å². The number of imide groups is 1. The van der Waals surface area contributed by atoms with E-state index in [0.29, 0.717) is 5.06 Å². The summed E-state index contributed by atoms with van der Waals surface area (Å²) in [5.74, 6) is -1.00. The number of hydrogen-bond donors (Lipinski definition) is 0. The van der Waals surface area contributed by atoms with Crippen LogP contribution in [-0.4, -0.2) is 28.3 Å². The predicted octanol–water partition coefficient (Wildman–Crippen LogP) is 0.435. The number of hydrogen-bond acceptors (Lipinski definition) is 4. The Kier molecular flexibility index (Phi) is 2.71. The molecule has 0 atom stereocenters. The average Bonchev–Trinajstić information content (AvgIpc) is 2.35. The lowest BCUT2D eigenvalue weighted by molar-refractivity contribution is -0.219. The summed E-state index contributed by atoms with van der Waals surface area (Å²) >= 11 is 0. The van der Waals surface area contributed by atoms with Crippen LogP contribution in [0.3, 0.4) is 0 Å². The molecule has 0 N–H and O–H groups in total. The number of carbonyl (C=O) groups is 3. The molecule has 0 aromatic carbocycles. The zero-order valence-electron chi connectivity index (χ0n) is 8.49. The van der Waals surface area contributed by atoms with Crippen LogP contribution in [-0.2, 0) is 19.2 Å². The van der Waals surface area contributed by atoms with Crippen LogP contribution < -0.4 is 0 Å². The van der Waals surface area contributed by atoms with Gasteiger partial charge in [-0.15, -0.1) is 0 Å². The van der Waals surface area contributed by atoms with Gasteiger partial charge in [0.1, 0.15) is 5.60 Å². The fourth-order valence-electron chi connectivity index (χ4n) is 0.950. The fraction of sp³-hybridized carbons (Fsp3) is 0.667. The van der Waals surface area contributed by atoms with Gasteiger partial charge >= 0.3 is 0 Å². The predicted molar refractivity (Wildman–Crippen MR) is 46.9 cm³/mol. The highest BCUT2D eigenvalue weighted by Crippen LogP contribution is 2.19. The minimum Gasteiger partial charge on any atom is -0.297 e. The molecular formula is C9H13NO4. The zero-order valence-corrected chi connectivity index (χ0v) is 8.49. The number of amides is 2. The van der Waals surface area contributed by atoms with Crippen molar-refractivity contribution >= 4 is 17.6 Å². The molecule has 14 heavy (non-hydrogen) atoms. The largest absolute Gasteiger partial charge is 0.297 e. The molecule has 1 saturated heterocycles.